The van der Waals surface area contributed by atoms with E-state index in [1.807, 2.05) is 27.9 Å². The fraction of sp³-hybridized carbons (Fsp3) is 0.667. The van der Waals surface area contributed by atoms with Crippen LogP contribution in [0.3, 0.4) is 0 Å². The average molecular weight is 151 g/mol. The van der Waals surface area contributed by atoms with E-state index in [0.29, 0.717) is 4.48 Å². The van der Waals surface area contributed by atoms with Gasteiger partial charge in [-0.2, -0.15) is 5.26 Å². The highest BCUT2D eigenvalue weighted by molar-refractivity contribution is 4.96. The largest absolute Gasteiger partial charge is 0.304 e. The molecule has 0 amide bonds. The molecule has 1 atom stereocenters. The molecule has 0 aliphatic rings. The van der Waals surface area contributed by atoms with Gasteiger partial charge in [0.25, 0.3) is 0 Å². The molecule has 2 heteroatoms. The van der Waals surface area contributed by atoms with Crippen LogP contribution in [0.1, 0.15) is 13.8 Å². The molecule has 0 spiro atoms. The lowest BCUT2D eigenvalue weighted by Gasteiger charge is -2.29. The van der Waals surface area contributed by atoms with Gasteiger partial charge in [0.05, 0.1) is 14.1 Å². The van der Waals surface area contributed by atoms with Crippen LogP contribution >= 0.6 is 0 Å². The first kappa shape index (κ1) is 10.0. The second-order valence-corrected chi connectivity index (χ2v) is 3.17. The molecule has 0 bridgehead atoms. The van der Waals surface area contributed by atoms with Crippen molar-refractivity contribution in [2.45, 2.75) is 19.9 Å². The summed E-state index contributed by atoms with van der Waals surface area (Å²) in [6.45, 7) is 4.47. The zero-order valence-electron chi connectivity index (χ0n) is 7.68. The second kappa shape index (κ2) is 4.01. The molecule has 11 heavy (non-hydrogen) atoms. The minimum atomic E-state index is 0.0100. The van der Waals surface area contributed by atoms with Crippen LogP contribution in [0.15, 0.2) is 0 Å². The maximum absolute atomic E-state index is 8.66. The molecule has 2 nitrogen and oxygen atoms in total. The summed E-state index contributed by atoms with van der Waals surface area (Å²) in [5, 5.41) is 8.66. The van der Waals surface area contributed by atoms with Gasteiger partial charge in [-0.3, -0.25) is 0 Å². The molecule has 60 valence electrons. The van der Waals surface area contributed by atoms with Crippen molar-refractivity contribution in [1.29, 1.82) is 5.26 Å². The van der Waals surface area contributed by atoms with Crippen molar-refractivity contribution in [2.24, 2.45) is 0 Å². The van der Waals surface area contributed by atoms with Crippen LogP contribution in [0.25, 0.3) is 0 Å². The summed E-state index contributed by atoms with van der Waals surface area (Å²) in [4.78, 5) is 0. The predicted octanol–water partition coefficient (Wildman–Crippen LogP) is 0.998. The van der Waals surface area contributed by atoms with Gasteiger partial charge in [-0.15, -0.1) is 5.92 Å². The van der Waals surface area contributed by atoms with E-state index in [2.05, 4.69) is 17.9 Å². The smallest absolute Gasteiger partial charge is 0.174 e. The molecule has 0 N–H and O–H groups in total. The molecule has 0 aromatic rings. The number of nitriles is 1. The fourth-order valence-electron chi connectivity index (χ4n) is 0.576. The highest BCUT2D eigenvalue weighted by atomic mass is 15.3. The minimum absolute atomic E-state index is 0.0100. The van der Waals surface area contributed by atoms with Gasteiger partial charge in [-0.05, 0) is 12.8 Å². The van der Waals surface area contributed by atoms with Gasteiger partial charge in [-0.25, -0.2) is 0 Å². The van der Waals surface area contributed by atoms with Crippen molar-refractivity contribution in [2.75, 3.05) is 20.6 Å². The van der Waals surface area contributed by atoms with E-state index in [9.17, 15) is 0 Å². The van der Waals surface area contributed by atoms with E-state index >= 15 is 0 Å². The first-order valence-corrected chi connectivity index (χ1v) is 3.66. The summed E-state index contributed by atoms with van der Waals surface area (Å²) in [5.41, 5.74) is 0. The Bertz CT molecular complexity index is 212. The van der Waals surface area contributed by atoms with Gasteiger partial charge in [0.15, 0.2) is 6.04 Å². The topological polar surface area (TPSA) is 23.8 Å². The van der Waals surface area contributed by atoms with E-state index in [-0.39, 0.29) is 6.04 Å². The minimum Gasteiger partial charge on any atom is -0.304 e. The fourth-order valence-corrected chi connectivity index (χ4v) is 0.576. The summed E-state index contributed by atoms with van der Waals surface area (Å²) in [6.07, 6.45) is 0. The van der Waals surface area contributed by atoms with E-state index in [1.165, 1.54) is 0 Å². The maximum atomic E-state index is 8.66. The average Bonchev–Trinajstić information content (AvgIpc) is 1.99. The lowest BCUT2D eigenvalue weighted by atomic mass is 10.3. The van der Waals surface area contributed by atoms with Crippen LogP contribution in [0.5, 0.6) is 0 Å². The van der Waals surface area contributed by atoms with Crippen molar-refractivity contribution in [1.82, 2.24) is 0 Å². The number of nitrogens with zero attached hydrogens (tertiary/aromatic N) is 2. The molecular weight excluding hydrogens is 136 g/mol. The molecule has 0 aliphatic carbocycles. The van der Waals surface area contributed by atoms with Crippen LogP contribution in [0.4, 0.5) is 0 Å². The first-order valence-electron chi connectivity index (χ1n) is 3.66. The van der Waals surface area contributed by atoms with Crippen molar-refractivity contribution < 1.29 is 4.48 Å². The summed E-state index contributed by atoms with van der Waals surface area (Å²) >= 11 is 0. The Balaban J connectivity index is 4.19. The molecule has 0 aliphatic heterocycles. The number of quaternary nitrogens is 1. The zero-order valence-corrected chi connectivity index (χ0v) is 7.68. The van der Waals surface area contributed by atoms with Crippen LogP contribution in [0.2, 0.25) is 0 Å². The highest BCUT2D eigenvalue weighted by Crippen LogP contribution is 2.03. The summed E-state index contributed by atoms with van der Waals surface area (Å²) in [7, 11) is 4.02. The molecule has 0 saturated carbocycles. The van der Waals surface area contributed by atoms with Gasteiger partial charge in [0, 0.05) is 6.92 Å². The van der Waals surface area contributed by atoms with Crippen LogP contribution in [-0.4, -0.2) is 31.2 Å². The monoisotopic (exact) mass is 151 g/mol. The quantitative estimate of drug-likeness (QED) is 0.426. The summed E-state index contributed by atoms with van der Waals surface area (Å²) in [5.74, 6) is 5.80. The van der Waals surface area contributed by atoms with Crippen molar-refractivity contribution in [3.63, 3.8) is 0 Å². The number of rotatable bonds is 2. The summed E-state index contributed by atoms with van der Waals surface area (Å²) in [6, 6.07) is 2.23. The van der Waals surface area contributed by atoms with Crippen LogP contribution in [-0.2, 0) is 0 Å². The predicted molar refractivity (Wildman–Crippen MR) is 45.5 cm³/mol. The molecule has 0 saturated heterocycles. The lowest BCUT2D eigenvalue weighted by molar-refractivity contribution is -0.898. The number of hydrogen-bond donors (Lipinski definition) is 0. The van der Waals surface area contributed by atoms with Gasteiger partial charge in [0.1, 0.15) is 12.6 Å². The van der Waals surface area contributed by atoms with Crippen LogP contribution in [0, 0.1) is 23.2 Å². The molecule has 0 aromatic carbocycles. The first-order chi connectivity index (χ1) is 5.04. The van der Waals surface area contributed by atoms with E-state index in [4.69, 9.17) is 5.26 Å². The molecule has 0 aromatic heterocycles. The van der Waals surface area contributed by atoms with E-state index < -0.39 is 0 Å². The Morgan fingerprint density at radius 2 is 2.00 bits per heavy atom. The molecule has 0 radical (unpaired) electrons. The third kappa shape index (κ3) is 3.07. The van der Waals surface area contributed by atoms with Crippen molar-refractivity contribution in [3.8, 4) is 17.9 Å². The second-order valence-electron chi connectivity index (χ2n) is 3.17. The Kier molecular flexibility index (Phi) is 3.65. The van der Waals surface area contributed by atoms with Gasteiger partial charge in [0.2, 0.25) is 0 Å². The molecule has 0 heterocycles. The molecule has 0 rings (SSSR count). The van der Waals surface area contributed by atoms with E-state index in [1.54, 1.807) is 0 Å². The van der Waals surface area contributed by atoms with E-state index in [0.717, 1.165) is 6.54 Å². The number of hydrogen-bond acceptors (Lipinski definition) is 1. The Morgan fingerprint density at radius 1 is 1.45 bits per heavy atom. The van der Waals surface area contributed by atoms with Gasteiger partial charge in [-0.1, -0.05) is 0 Å². The standard InChI is InChI=1S/C9H15N2/c1-5-6-7-11(3,4)9(2)8-10/h9H,7H2,1-4H3/q+1. The highest BCUT2D eigenvalue weighted by Gasteiger charge is 2.21. The Hall–Kier alpha value is -0.990. The van der Waals surface area contributed by atoms with Gasteiger partial charge >= 0.3 is 0 Å². The summed E-state index contributed by atoms with van der Waals surface area (Å²) < 4.78 is 0.650. The van der Waals surface area contributed by atoms with Crippen LogP contribution < -0.4 is 0 Å². The SMILES string of the molecule is CC#CC[N+](C)(C)C(C)C#N. The van der Waals surface area contributed by atoms with Crippen molar-refractivity contribution in [3.05, 3.63) is 0 Å². The molecule has 1 unspecified atom stereocenters. The van der Waals surface area contributed by atoms with Crippen molar-refractivity contribution >= 4 is 0 Å². The zero-order chi connectivity index (χ0) is 8.91. The maximum Gasteiger partial charge on any atom is 0.174 e. The Morgan fingerprint density at radius 3 is 2.36 bits per heavy atom. The third-order valence-electron chi connectivity index (χ3n) is 1.90. The normalized spacial score (nSPS) is 12.6. The van der Waals surface area contributed by atoms with Gasteiger partial charge < -0.3 is 4.48 Å². The third-order valence-corrected chi connectivity index (χ3v) is 1.90. The molecular formula is C9H15N2+. The Labute approximate surface area is 69.0 Å². The lowest BCUT2D eigenvalue weighted by Crippen LogP contribution is -2.46. The molecule has 0 fully saturated rings.